The van der Waals surface area contributed by atoms with E-state index in [4.69, 9.17) is 0 Å². The van der Waals surface area contributed by atoms with Crippen molar-refractivity contribution >= 4 is 29.1 Å². The number of hydrogen-bond acceptors (Lipinski definition) is 7. The topological polar surface area (TPSA) is 63.6 Å². The minimum atomic E-state index is 0.819. The molecule has 0 fully saturated rings. The van der Waals surface area contributed by atoms with Gasteiger partial charge in [0.15, 0.2) is 4.34 Å². The molecule has 2 aromatic heterocycles. The Labute approximate surface area is 115 Å². The van der Waals surface area contributed by atoms with E-state index in [0.717, 1.165) is 39.7 Å². The Morgan fingerprint density at radius 2 is 1.94 bits per heavy atom. The summed E-state index contributed by atoms with van der Waals surface area (Å²) in [6, 6.07) is 1.93. The van der Waals surface area contributed by atoms with Crippen molar-refractivity contribution in [2.24, 2.45) is 0 Å². The van der Waals surface area contributed by atoms with Gasteiger partial charge in [-0.05, 0) is 23.3 Å². The number of aromatic nitrogens is 4. The quantitative estimate of drug-likeness (QED) is 0.850. The van der Waals surface area contributed by atoms with Crippen LogP contribution in [-0.2, 0) is 12.8 Å². The highest BCUT2D eigenvalue weighted by Gasteiger charge is 2.08. The summed E-state index contributed by atoms with van der Waals surface area (Å²) in [4.78, 5) is 13.3. The molecule has 0 unspecified atom stereocenters. The maximum absolute atomic E-state index is 4.48. The van der Waals surface area contributed by atoms with E-state index in [1.807, 2.05) is 20.0 Å². The largest absolute Gasteiger partial charge is 0.373 e. The molecular formula is C11H15N5S2. The van der Waals surface area contributed by atoms with Crippen molar-refractivity contribution < 1.29 is 0 Å². The van der Waals surface area contributed by atoms with Gasteiger partial charge in [-0.2, -0.15) is 4.37 Å². The van der Waals surface area contributed by atoms with E-state index in [9.17, 15) is 0 Å². The summed E-state index contributed by atoms with van der Waals surface area (Å²) in [6.45, 7) is 4.10. The summed E-state index contributed by atoms with van der Waals surface area (Å²) in [5, 5.41) is 3.95. The zero-order chi connectivity index (χ0) is 13.0. The average molecular weight is 281 g/mol. The first kappa shape index (κ1) is 13.2. The van der Waals surface area contributed by atoms with Crippen LogP contribution in [0.4, 0.5) is 5.82 Å². The van der Waals surface area contributed by atoms with Gasteiger partial charge in [0.2, 0.25) is 0 Å². The predicted octanol–water partition coefficient (Wildman–Crippen LogP) is 2.65. The van der Waals surface area contributed by atoms with Crippen LogP contribution in [-0.4, -0.2) is 26.4 Å². The summed E-state index contributed by atoms with van der Waals surface area (Å²) < 4.78 is 5.19. The van der Waals surface area contributed by atoms with E-state index in [2.05, 4.69) is 31.6 Å². The van der Waals surface area contributed by atoms with Gasteiger partial charge in [-0.1, -0.05) is 13.8 Å². The van der Waals surface area contributed by atoms with E-state index in [0.29, 0.717) is 0 Å². The maximum atomic E-state index is 4.48. The highest BCUT2D eigenvalue weighted by atomic mass is 32.2. The maximum Gasteiger partial charge on any atom is 0.176 e. The average Bonchev–Trinajstić information content (AvgIpc) is 2.85. The molecule has 2 heterocycles. The lowest BCUT2D eigenvalue weighted by Crippen LogP contribution is -2.00. The summed E-state index contributed by atoms with van der Waals surface area (Å²) >= 11 is 2.95. The van der Waals surface area contributed by atoms with Gasteiger partial charge in [0.25, 0.3) is 0 Å². The Morgan fingerprint density at radius 3 is 2.56 bits per heavy atom. The number of anilines is 1. The molecule has 1 N–H and O–H groups in total. The van der Waals surface area contributed by atoms with Crippen molar-refractivity contribution in [2.75, 3.05) is 12.4 Å². The highest BCUT2D eigenvalue weighted by molar-refractivity contribution is 8.00. The van der Waals surface area contributed by atoms with Crippen LogP contribution in [0.25, 0.3) is 0 Å². The lowest BCUT2D eigenvalue weighted by atomic mass is 10.4. The van der Waals surface area contributed by atoms with Gasteiger partial charge in [-0.3, -0.25) is 0 Å². The zero-order valence-corrected chi connectivity index (χ0v) is 12.2. The zero-order valence-electron chi connectivity index (χ0n) is 10.6. The van der Waals surface area contributed by atoms with E-state index in [1.54, 1.807) is 0 Å². The number of rotatable bonds is 5. The SMILES string of the molecule is CCc1nc(NC)cc(Sc2nc(CC)ns2)n1. The van der Waals surface area contributed by atoms with Gasteiger partial charge in [-0.25, -0.2) is 15.0 Å². The van der Waals surface area contributed by atoms with Crippen LogP contribution in [0.2, 0.25) is 0 Å². The third-order valence-electron chi connectivity index (χ3n) is 2.28. The number of nitrogens with one attached hydrogen (secondary N) is 1. The van der Waals surface area contributed by atoms with Gasteiger partial charge >= 0.3 is 0 Å². The summed E-state index contributed by atoms with van der Waals surface area (Å²) in [5.74, 6) is 2.57. The normalized spacial score (nSPS) is 10.6. The van der Waals surface area contributed by atoms with E-state index >= 15 is 0 Å². The van der Waals surface area contributed by atoms with Crippen LogP contribution in [0.3, 0.4) is 0 Å². The molecule has 5 nitrogen and oxygen atoms in total. The second-order valence-corrected chi connectivity index (χ2v) is 5.56. The molecule has 2 rings (SSSR count). The van der Waals surface area contributed by atoms with E-state index in [1.165, 1.54) is 23.3 Å². The molecule has 0 aliphatic rings. The molecule has 0 bridgehead atoms. The molecule has 0 radical (unpaired) electrons. The number of nitrogens with zero attached hydrogens (tertiary/aromatic N) is 4. The first-order chi connectivity index (χ1) is 8.75. The van der Waals surface area contributed by atoms with Crippen LogP contribution < -0.4 is 5.32 Å². The van der Waals surface area contributed by atoms with Crippen LogP contribution in [0.5, 0.6) is 0 Å². The van der Waals surface area contributed by atoms with Crippen LogP contribution in [0.1, 0.15) is 25.5 Å². The fraction of sp³-hybridized carbons (Fsp3) is 0.455. The molecule has 0 atom stereocenters. The molecule has 18 heavy (non-hydrogen) atoms. The van der Waals surface area contributed by atoms with Gasteiger partial charge in [0.05, 0.1) is 0 Å². The monoisotopic (exact) mass is 281 g/mol. The predicted molar refractivity (Wildman–Crippen MR) is 74.4 cm³/mol. The Hall–Kier alpha value is -1.21. The van der Waals surface area contributed by atoms with Crippen molar-refractivity contribution in [1.29, 1.82) is 0 Å². The van der Waals surface area contributed by atoms with Gasteiger partial charge < -0.3 is 5.32 Å². The first-order valence-corrected chi connectivity index (χ1v) is 7.40. The Balaban J connectivity index is 2.22. The summed E-state index contributed by atoms with van der Waals surface area (Å²) in [5.41, 5.74) is 0. The molecule has 0 aliphatic carbocycles. The second kappa shape index (κ2) is 6.10. The van der Waals surface area contributed by atoms with Crippen LogP contribution >= 0.6 is 23.3 Å². The molecule has 7 heteroatoms. The smallest absolute Gasteiger partial charge is 0.176 e. The molecule has 96 valence electrons. The summed E-state index contributed by atoms with van der Waals surface area (Å²) in [7, 11) is 1.86. The van der Waals surface area contributed by atoms with Crippen molar-refractivity contribution in [3.63, 3.8) is 0 Å². The molecule has 2 aromatic rings. The van der Waals surface area contributed by atoms with Gasteiger partial charge in [0.1, 0.15) is 22.5 Å². The molecule has 0 aliphatic heterocycles. The fourth-order valence-electron chi connectivity index (χ4n) is 1.32. The molecular weight excluding hydrogens is 266 g/mol. The van der Waals surface area contributed by atoms with Crippen LogP contribution in [0, 0.1) is 0 Å². The molecule has 0 saturated carbocycles. The van der Waals surface area contributed by atoms with Crippen molar-refractivity contribution in [1.82, 2.24) is 19.3 Å². The molecule has 0 aromatic carbocycles. The lowest BCUT2D eigenvalue weighted by molar-refractivity contribution is 0.890. The van der Waals surface area contributed by atoms with Crippen molar-refractivity contribution in [3.8, 4) is 0 Å². The van der Waals surface area contributed by atoms with Crippen molar-refractivity contribution in [2.45, 2.75) is 36.1 Å². The number of aryl methyl sites for hydroxylation is 2. The Bertz CT molecular complexity index is 504. The molecule has 0 saturated heterocycles. The highest BCUT2D eigenvalue weighted by Crippen LogP contribution is 2.28. The van der Waals surface area contributed by atoms with E-state index in [-0.39, 0.29) is 0 Å². The fourth-order valence-corrected chi connectivity index (χ4v) is 2.99. The third kappa shape index (κ3) is 3.17. The van der Waals surface area contributed by atoms with Crippen LogP contribution in [0.15, 0.2) is 15.4 Å². The van der Waals surface area contributed by atoms with Gasteiger partial charge in [0, 0.05) is 26.0 Å². The van der Waals surface area contributed by atoms with Gasteiger partial charge in [-0.15, -0.1) is 0 Å². The standard InChI is InChI=1S/C11H15N5S2/c1-4-7-13-9(12-3)6-10(14-7)17-11-15-8(5-2)16-18-11/h6H,4-5H2,1-3H3,(H,12,13,14). The number of hydrogen-bond donors (Lipinski definition) is 1. The molecule has 0 spiro atoms. The third-order valence-corrected chi connectivity index (χ3v) is 3.99. The Morgan fingerprint density at radius 1 is 1.17 bits per heavy atom. The summed E-state index contributed by atoms with van der Waals surface area (Å²) in [6.07, 6.45) is 1.68. The van der Waals surface area contributed by atoms with E-state index < -0.39 is 0 Å². The first-order valence-electron chi connectivity index (χ1n) is 5.81. The minimum absolute atomic E-state index is 0.819. The van der Waals surface area contributed by atoms with Crippen molar-refractivity contribution in [3.05, 3.63) is 17.7 Å². The molecule has 0 amide bonds. The second-order valence-electron chi connectivity index (χ2n) is 3.54. The lowest BCUT2D eigenvalue weighted by Gasteiger charge is -2.04. The Kier molecular flexibility index (Phi) is 4.48. The minimum Gasteiger partial charge on any atom is -0.373 e.